The Hall–Kier alpha value is -3.29. The molecule has 0 saturated carbocycles. The van der Waals surface area contributed by atoms with Crippen molar-refractivity contribution in [2.24, 2.45) is 0 Å². The second kappa shape index (κ2) is 5.91. The Morgan fingerprint density at radius 3 is 2.62 bits per heavy atom. The summed E-state index contributed by atoms with van der Waals surface area (Å²) in [5.41, 5.74) is 0.0981. The lowest BCUT2D eigenvalue weighted by Gasteiger charge is -2.18. The van der Waals surface area contributed by atoms with Crippen molar-refractivity contribution < 1.29 is 23.1 Å². The molecule has 0 spiro atoms. The summed E-state index contributed by atoms with van der Waals surface area (Å²) in [6.45, 7) is 0.341. The number of halogens is 3. The molecule has 0 fully saturated rings. The molecule has 2 aromatic carbocycles. The lowest BCUT2D eigenvalue weighted by molar-refractivity contribution is -0.111. The largest absolute Gasteiger partial charge is 0.511 e. The van der Waals surface area contributed by atoms with E-state index in [2.05, 4.69) is 10.3 Å². The third kappa shape index (κ3) is 2.50. The van der Waals surface area contributed by atoms with Gasteiger partial charge in [-0.25, -0.2) is 18.2 Å². The van der Waals surface area contributed by atoms with E-state index in [1.165, 1.54) is 24.3 Å². The molecule has 0 bridgehead atoms. The highest BCUT2D eigenvalue weighted by molar-refractivity contribution is 6.25. The van der Waals surface area contributed by atoms with Gasteiger partial charge in [0.1, 0.15) is 40.3 Å². The molecular formula is C18H12F3N3O2. The van der Waals surface area contributed by atoms with Crippen molar-refractivity contribution in [1.29, 1.82) is 0 Å². The van der Waals surface area contributed by atoms with E-state index in [9.17, 15) is 23.1 Å². The van der Waals surface area contributed by atoms with Gasteiger partial charge in [-0.1, -0.05) is 6.07 Å². The summed E-state index contributed by atoms with van der Waals surface area (Å²) >= 11 is 0. The third-order valence-electron chi connectivity index (χ3n) is 4.22. The van der Waals surface area contributed by atoms with Gasteiger partial charge in [0.2, 0.25) is 0 Å². The van der Waals surface area contributed by atoms with E-state index in [4.69, 9.17) is 0 Å². The van der Waals surface area contributed by atoms with Gasteiger partial charge in [-0.3, -0.25) is 4.79 Å². The monoisotopic (exact) mass is 359 g/mol. The predicted molar refractivity (Wildman–Crippen MR) is 88.8 cm³/mol. The zero-order valence-corrected chi connectivity index (χ0v) is 13.3. The minimum Gasteiger partial charge on any atom is -0.511 e. The summed E-state index contributed by atoms with van der Waals surface area (Å²) in [6.07, 6.45) is 0.137. The van der Waals surface area contributed by atoms with Crippen LogP contribution < -0.4 is 5.32 Å². The number of aromatic nitrogens is 2. The van der Waals surface area contributed by atoms with Gasteiger partial charge in [0.15, 0.2) is 0 Å². The first-order valence-electron chi connectivity index (χ1n) is 7.79. The van der Waals surface area contributed by atoms with E-state index in [1.807, 2.05) is 0 Å². The van der Waals surface area contributed by atoms with Crippen LogP contribution in [0.3, 0.4) is 0 Å². The number of nitrogens with zero attached hydrogens (tertiary/aromatic N) is 2. The van der Waals surface area contributed by atoms with E-state index in [1.54, 1.807) is 4.57 Å². The zero-order chi connectivity index (χ0) is 18.4. The van der Waals surface area contributed by atoms with E-state index < -0.39 is 29.0 Å². The SMILES string of the molecule is O=C(Nc1c(F)cccc1F)C1=C(O)CCn2c1nc1cc(F)ccc12. The standard InChI is InChI=1S/C18H12F3N3O2/c19-9-4-5-13-12(8-9)22-17-15(14(25)6-7-24(13)17)18(26)23-16-10(20)2-1-3-11(16)21/h1-5,8,25H,6-7H2,(H,23,26). The number of carbonyl (C=O) groups is 1. The van der Waals surface area contributed by atoms with E-state index in [-0.39, 0.29) is 23.6 Å². The van der Waals surface area contributed by atoms with Crippen molar-refractivity contribution in [1.82, 2.24) is 9.55 Å². The zero-order valence-electron chi connectivity index (χ0n) is 13.3. The average Bonchev–Trinajstić information content (AvgIpc) is 2.95. The van der Waals surface area contributed by atoms with Crippen molar-refractivity contribution in [2.45, 2.75) is 13.0 Å². The quantitative estimate of drug-likeness (QED) is 0.732. The minimum atomic E-state index is -0.940. The van der Waals surface area contributed by atoms with Gasteiger partial charge in [0.05, 0.1) is 11.0 Å². The lowest BCUT2D eigenvalue weighted by Crippen LogP contribution is -2.23. The molecule has 132 valence electrons. The van der Waals surface area contributed by atoms with Crippen LogP contribution in [0.4, 0.5) is 18.9 Å². The molecule has 2 N–H and O–H groups in total. The van der Waals surface area contributed by atoms with Crippen molar-refractivity contribution in [3.63, 3.8) is 0 Å². The number of benzene rings is 2. The molecule has 1 aliphatic heterocycles. The molecule has 1 amide bonds. The molecule has 0 radical (unpaired) electrons. The highest BCUT2D eigenvalue weighted by atomic mass is 19.1. The molecule has 8 heteroatoms. The Labute approximate surface area is 145 Å². The fourth-order valence-corrected chi connectivity index (χ4v) is 3.02. The first-order valence-corrected chi connectivity index (χ1v) is 7.79. The smallest absolute Gasteiger partial charge is 0.263 e. The number of para-hydroxylation sites is 1. The highest BCUT2D eigenvalue weighted by Gasteiger charge is 2.29. The van der Waals surface area contributed by atoms with Crippen LogP contribution in [-0.4, -0.2) is 20.6 Å². The van der Waals surface area contributed by atoms with Crippen LogP contribution >= 0.6 is 0 Å². The molecule has 0 atom stereocenters. The molecule has 0 unspecified atom stereocenters. The van der Waals surface area contributed by atoms with Crippen LogP contribution in [0.1, 0.15) is 12.2 Å². The highest BCUT2D eigenvalue weighted by Crippen LogP contribution is 2.31. The van der Waals surface area contributed by atoms with Crippen LogP contribution in [0.5, 0.6) is 0 Å². The Balaban J connectivity index is 1.79. The summed E-state index contributed by atoms with van der Waals surface area (Å²) in [6, 6.07) is 7.19. The summed E-state index contributed by atoms with van der Waals surface area (Å²) < 4.78 is 42.7. The lowest BCUT2D eigenvalue weighted by atomic mass is 10.1. The number of aliphatic hydroxyl groups is 1. The topological polar surface area (TPSA) is 67.2 Å². The molecule has 1 aromatic heterocycles. The molecule has 5 nitrogen and oxygen atoms in total. The van der Waals surface area contributed by atoms with Crippen molar-refractivity contribution in [2.75, 3.05) is 5.32 Å². The maximum Gasteiger partial charge on any atom is 0.263 e. The van der Waals surface area contributed by atoms with Gasteiger partial charge >= 0.3 is 0 Å². The molecule has 0 aliphatic carbocycles. The van der Waals surface area contributed by atoms with Gasteiger partial charge < -0.3 is 15.0 Å². The number of carbonyl (C=O) groups excluding carboxylic acids is 1. The maximum absolute atomic E-state index is 13.8. The van der Waals surface area contributed by atoms with E-state index >= 15 is 0 Å². The molecular weight excluding hydrogens is 347 g/mol. The summed E-state index contributed by atoms with van der Waals surface area (Å²) in [5.74, 6) is -3.40. The number of nitrogens with one attached hydrogen (secondary N) is 1. The number of rotatable bonds is 2. The number of hydrogen-bond acceptors (Lipinski definition) is 3. The fourth-order valence-electron chi connectivity index (χ4n) is 3.02. The first kappa shape index (κ1) is 16.2. The Morgan fingerprint density at radius 2 is 1.88 bits per heavy atom. The fraction of sp³-hybridized carbons (Fsp3) is 0.111. The number of anilines is 1. The third-order valence-corrected chi connectivity index (χ3v) is 4.22. The van der Waals surface area contributed by atoms with E-state index in [0.717, 1.165) is 12.1 Å². The first-order chi connectivity index (χ1) is 12.5. The minimum absolute atomic E-state index is 0.114. The van der Waals surface area contributed by atoms with Crippen LogP contribution in [0.2, 0.25) is 0 Å². The van der Waals surface area contributed by atoms with Gasteiger partial charge in [0.25, 0.3) is 5.91 Å². The van der Waals surface area contributed by atoms with Crippen LogP contribution in [0.15, 0.2) is 42.2 Å². The number of imidazole rings is 1. The summed E-state index contributed by atoms with van der Waals surface area (Å²) in [5, 5.41) is 12.3. The van der Waals surface area contributed by atoms with Crippen molar-refractivity contribution in [3.8, 4) is 0 Å². The number of aryl methyl sites for hydroxylation is 1. The van der Waals surface area contributed by atoms with Crippen LogP contribution in [0, 0.1) is 17.5 Å². The van der Waals surface area contributed by atoms with E-state index in [0.29, 0.717) is 17.6 Å². The van der Waals surface area contributed by atoms with Gasteiger partial charge in [-0.2, -0.15) is 0 Å². The number of aliphatic hydroxyl groups excluding tert-OH is 1. The Morgan fingerprint density at radius 1 is 1.15 bits per heavy atom. The average molecular weight is 359 g/mol. The number of allylic oxidation sites excluding steroid dienone is 1. The number of fused-ring (bicyclic) bond motifs is 3. The molecule has 3 aromatic rings. The molecule has 1 aliphatic rings. The predicted octanol–water partition coefficient (Wildman–Crippen LogP) is 3.77. The second-order valence-electron chi connectivity index (χ2n) is 5.84. The number of amides is 1. The van der Waals surface area contributed by atoms with Gasteiger partial charge in [0, 0.05) is 19.0 Å². The van der Waals surface area contributed by atoms with Gasteiger partial charge in [-0.05, 0) is 24.3 Å². The Bertz CT molecular complexity index is 1070. The number of hydrogen-bond donors (Lipinski definition) is 2. The molecule has 0 saturated heterocycles. The molecule has 2 heterocycles. The molecule has 4 rings (SSSR count). The second-order valence-corrected chi connectivity index (χ2v) is 5.84. The normalized spacial score (nSPS) is 13.8. The van der Waals surface area contributed by atoms with Crippen molar-refractivity contribution >= 4 is 28.2 Å². The maximum atomic E-state index is 13.8. The summed E-state index contributed by atoms with van der Waals surface area (Å²) in [4.78, 5) is 16.8. The van der Waals surface area contributed by atoms with Crippen LogP contribution in [0.25, 0.3) is 16.6 Å². The van der Waals surface area contributed by atoms with Crippen LogP contribution in [-0.2, 0) is 11.3 Å². The van der Waals surface area contributed by atoms with Gasteiger partial charge in [-0.15, -0.1) is 0 Å². The van der Waals surface area contributed by atoms with Crippen molar-refractivity contribution in [3.05, 3.63) is 65.4 Å². The molecule has 26 heavy (non-hydrogen) atoms. The summed E-state index contributed by atoms with van der Waals surface area (Å²) in [7, 11) is 0. The Kier molecular flexibility index (Phi) is 3.68.